The van der Waals surface area contributed by atoms with Crippen molar-refractivity contribution < 1.29 is 14.3 Å². The van der Waals surface area contributed by atoms with Gasteiger partial charge in [0.1, 0.15) is 0 Å². The van der Waals surface area contributed by atoms with Gasteiger partial charge < -0.3 is 10.1 Å². The Morgan fingerprint density at radius 2 is 1.92 bits per heavy atom. The van der Waals surface area contributed by atoms with E-state index in [9.17, 15) is 19.2 Å². The molecule has 2 rings (SSSR count). The zero-order valence-electron chi connectivity index (χ0n) is 13.5. The molecule has 1 aromatic heterocycles. The van der Waals surface area contributed by atoms with Crippen molar-refractivity contribution in [2.24, 2.45) is 0 Å². The first-order chi connectivity index (χ1) is 11.4. The third-order valence-electron chi connectivity index (χ3n) is 3.45. The number of hydrogen-bond acceptors (Lipinski definition) is 5. The lowest BCUT2D eigenvalue weighted by molar-refractivity contribution is -0.155. The monoisotopic (exact) mass is 333 g/mol. The number of carbonyl (C=O) groups excluding carboxylic acids is 2. The summed E-state index contributed by atoms with van der Waals surface area (Å²) in [5.74, 6) is -1.02. The van der Waals surface area contributed by atoms with Crippen molar-refractivity contribution in [3.05, 3.63) is 45.0 Å². The lowest BCUT2D eigenvalue weighted by Crippen LogP contribution is -2.36. The number of hydrogen-bond donors (Lipinski definition) is 2. The number of ether oxygens (including phenoxy) is 1. The summed E-state index contributed by atoms with van der Waals surface area (Å²) in [5, 5.41) is 5.55. The minimum atomic E-state index is -0.912. The molecular weight excluding hydrogens is 314 g/mol. The number of esters is 1. The number of fused-ring (bicyclic) bond motifs is 1. The molecule has 2 N–H and O–H groups in total. The number of aryl methyl sites for hydroxylation is 1. The first-order valence-corrected chi connectivity index (χ1v) is 7.63. The highest BCUT2D eigenvalue weighted by Gasteiger charge is 2.17. The Bertz CT molecular complexity index is 868. The highest BCUT2D eigenvalue weighted by Crippen LogP contribution is 2.03. The van der Waals surface area contributed by atoms with E-state index in [0.29, 0.717) is 11.9 Å². The van der Waals surface area contributed by atoms with Crippen molar-refractivity contribution >= 4 is 22.6 Å². The highest BCUT2D eigenvalue weighted by molar-refractivity contribution is 5.83. The van der Waals surface area contributed by atoms with Crippen LogP contribution in [0.25, 0.3) is 10.8 Å². The summed E-state index contributed by atoms with van der Waals surface area (Å²) in [4.78, 5) is 47.5. The second-order valence-electron chi connectivity index (χ2n) is 5.22. The normalized spacial score (nSPS) is 11.9. The summed E-state index contributed by atoms with van der Waals surface area (Å²) in [6, 6.07) is 6.44. The Morgan fingerprint density at radius 3 is 2.58 bits per heavy atom. The summed E-state index contributed by atoms with van der Waals surface area (Å²) >= 11 is 0. The van der Waals surface area contributed by atoms with Crippen molar-refractivity contribution in [1.29, 1.82) is 0 Å². The number of likely N-dealkylation sites (N-methyl/N-ethyl adjacent to an activating group) is 1. The van der Waals surface area contributed by atoms with Gasteiger partial charge in [-0.25, -0.2) is 4.68 Å². The maximum Gasteiger partial charge on any atom is 0.308 e. The SMILES string of the molecule is CCNC(=O)[C@H](C)OC(=O)CCn1[nH]c(=O)c2ccccc2c1=O. The van der Waals surface area contributed by atoms with E-state index >= 15 is 0 Å². The number of aromatic nitrogens is 2. The molecule has 0 spiro atoms. The molecule has 8 heteroatoms. The summed E-state index contributed by atoms with van der Waals surface area (Å²) in [6.45, 7) is 3.62. The van der Waals surface area contributed by atoms with Crippen LogP contribution in [0.5, 0.6) is 0 Å². The Labute approximate surface area is 137 Å². The number of H-pyrrole nitrogens is 1. The van der Waals surface area contributed by atoms with E-state index in [2.05, 4.69) is 10.4 Å². The van der Waals surface area contributed by atoms with Crippen molar-refractivity contribution in [2.45, 2.75) is 32.9 Å². The molecule has 1 amide bonds. The first kappa shape index (κ1) is 17.5. The summed E-state index contributed by atoms with van der Waals surface area (Å²) < 4.78 is 6.06. The van der Waals surface area contributed by atoms with E-state index in [1.165, 1.54) is 6.92 Å². The van der Waals surface area contributed by atoms with Crippen LogP contribution in [0.1, 0.15) is 20.3 Å². The topological polar surface area (TPSA) is 110 Å². The molecule has 2 aromatic rings. The fraction of sp³-hybridized carbons (Fsp3) is 0.375. The van der Waals surface area contributed by atoms with Gasteiger partial charge in [0, 0.05) is 6.54 Å². The van der Waals surface area contributed by atoms with Crippen LogP contribution in [0.15, 0.2) is 33.9 Å². The predicted octanol–water partition coefficient (Wildman–Crippen LogP) is 0.148. The minimum absolute atomic E-state index is 0.0418. The molecule has 0 fully saturated rings. The number of amides is 1. The van der Waals surface area contributed by atoms with Crippen LogP contribution in [0, 0.1) is 0 Å². The van der Waals surface area contributed by atoms with Crippen molar-refractivity contribution in [3.8, 4) is 0 Å². The second kappa shape index (κ2) is 7.58. The maximum atomic E-state index is 12.3. The molecule has 0 unspecified atom stereocenters. The predicted molar refractivity (Wildman–Crippen MR) is 87.7 cm³/mol. The number of carbonyl (C=O) groups is 2. The Balaban J connectivity index is 2.07. The van der Waals surface area contributed by atoms with Gasteiger partial charge in [0.05, 0.1) is 23.7 Å². The van der Waals surface area contributed by atoms with E-state index in [-0.39, 0.29) is 24.3 Å². The van der Waals surface area contributed by atoms with Gasteiger partial charge in [0.25, 0.3) is 17.0 Å². The Morgan fingerprint density at radius 1 is 1.25 bits per heavy atom. The van der Waals surface area contributed by atoms with Crippen LogP contribution in [0.3, 0.4) is 0 Å². The lowest BCUT2D eigenvalue weighted by Gasteiger charge is -2.13. The van der Waals surface area contributed by atoms with Crippen LogP contribution in [-0.2, 0) is 20.9 Å². The molecule has 24 heavy (non-hydrogen) atoms. The average molecular weight is 333 g/mol. The first-order valence-electron chi connectivity index (χ1n) is 7.63. The molecule has 0 aliphatic carbocycles. The van der Waals surface area contributed by atoms with Gasteiger partial charge in [-0.15, -0.1) is 0 Å². The van der Waals surface area contributed by atoms with Gasteiger partial charge in [0.2, 0.25) is 0 Å². The zero-order chi connectivity index (χ0) is 17.7. The third kappa shape index (κ3) is 3.89. The fourth-order valence-electron chi connectivity index (χ4n) is 2.23. The summed E-state index contributed by atoms with van der Waals surface area (Å²) in [5.41, 5.74) is -0.802. The molecule has 1 atom stereocenters. The molecule has 1 heterocycles. The minimum Gasteiger partial charge on any atom is -0.452 e. The summed E-state index contributed by atoms with van der Waals surface area (Å²) in [6.07, 6.45) is -1.05. The largest absolute Gasteiger partial charge is 0.452 e. The third-order valence-corrected chi connectivity index (χ3v) is 3.45. The quantitative estimate of drug-likeness (QED) is 0.731. The van der Waals surface area contributed by atoms with E-state index in [0.717, 1.165) is 4.68 Å². The van der Waals surface area contributed by atoms with E-state index in [1.807, 2.05) is 0 Å². The molecule has 0 bridgehead atoms. The molecule has 128 valence electrons. The number of benzene rings is 1. The molecule has 0 radical (unpaired) electrons. The van der Waals surface area contributed by atoms with Crippen molar-refractivity contribution in [2.75, 3.05) is 6.54 Å². The Hall–Kier alpha value is -2.90. The van der Waals surface area contributed by atoms with E-state index in [1.54, 1.807) is 31.2 Å². The standard InChI is InChI=1S/C16H19N3O5/c1-3-17-14(21)10(2)24-13(20)8-9-19-16(23)12-7-5-4-6-11(12)15(22)18-19/h4-7,10H,3,8-9H2,1-2H3,(H,17,21)(H,18,22)/t10-/m0/s1. The maximum absolute atomic E-state index is 12.3. The average Bonchev–Trinajstić information content (AvgIpc) is 2.57. The van der Waals surface area contributed by atoms with Crippen LogP contribution < -0.4 is 16.4 Å². The van der Waals surface area contributed by atoms with E-state index in [4.69, 9.17) is 4.74 Å². The number of nitrogens with one attached hydrogen (secondary N) is 2. The Kier molecular flexibility index (Phi) is 5.51. The van der Waals surface area contributed by atoms with Crippen LogP contribution in [0.4, 0.5) is 0 Å². The van der Waals surface area contributed by atoms with E-state index < -0.39 is 23.2 Å². The molecular formula is C16H19N3O5. The highest BCUT2D eigenvalue weighted by atomic mass is 16.5. The van der Waals surface area contributed by atoms with Crippen LogP contribution in [0.2, 0.25) is 0 Å². The van der Waals surface area contributed by atoms with Crippen LogP contribution in [-0.4, -0.2) is 34.3 Å². The van der Waals surface area contributed by atoms with Gasteiger partial charge >= 0.3 is 5.97 Å². The molecule has 0 aliphatic rings. The second-order valence-corrected chi connectivity index (χ2v) is 5.22. The van der Waals surface area contributed by atoms with Gasteiger partial charge in [0.15, 0.2) is 6.10 Å². The molecule has 1 aromatic carbocycles. The van der Waals surface area contributed by atoms with Gasteiger partial charge in [-0.1, -0.05) is 12.1 Å². The zero-order valence-corrected chi connectivity index (χ0v) is 13.5. The molecule has 0 saturated heterocycles. The molecule has 0 aliphatic heterocycles. The van der Waals surface area contributed by atoms with Gasteiger partial charge in [-0.2, -0.15) is 0 Å². The van der Waals surface area contributed by atoms with Gasteiger partial charge in [-0.05, 0) is 26.0 Å². The molecule has 8 nitrogen and oxygen atoms in total. The number of aromatic amines is 1. The number of rotatable bonds is 6. The van der Waals surface area contributed by atoms with Crippen LogP contribution >= 0.6 is 0 Å². The van der Waals surface area contributed by atoms with Gasteiger partial charge in [-0.3, -0.25) is 24.3 Å². The molecule has 0 saturated carbocycles. The van der Waals surface area contributed by atoms with Crippen molar-refractivity contribution in [3.63, 3.8) is 0 Å². The van der Waals surface area contributed by atoms with Crippen molar-refractivity contribution in [1.82, 2.24) is 15.1 Å². The lowest BCUT2D eigenvalue weighted by atomic mass is 10.2. The smallest absolute Gasteiger partial charge is 0.308 e. The number of nitrogens with zero attached hydrogens (tertiary/aromatic N) is 1. The summed E-state index contributed by atoms with van der Waals surface area (Å²) in [7, 11) is 0. The fourth-order valence-corrected chi connectivity index (χ4v) is 2.23.